The molecule has 0 bridgehead atoms. The zero-order valence-corrected chi connectivity index (χ0v) is 14.8. The number of nitrogens with zero attached hydrogens (tertiary/aromatic N) is 3. The largest absolute Gasteiger partial charge is 0.488 e. The molecule has 2 fully saturated rings. The molecule has 2 aromatic rings. The van der Waals surface area contributed by atoms with Crippen molar-refractivity contribution >= 4 is 17.2 Å². The minimum atomic E-state index is 0.0488. The Hall–Kier alpha value is -1.96. The average Bonchev–Trinajstić information content (AvgIpc) is 3.13. The van der Waals surface area contributed by atoms with Crippen molar-refractivity contribution < 1.29 is 14.3 Å². The molecule has 4 rings (SSSR count). The first kappa shape index (κ1) is 16.5. The standard InChI is InChI=1S/C18H21N3O3S/c22-18(21-5-7-23-8-6-21)14-2-1-3-15(10-14)24-16-11-20(12-16)13-17-19-4-9-25-17/h1-4,9-10,16H,5-8,11-13H2. The lowest BCUT2D eigenvalue weighted by atomic mass is 10.1. The Kier molecular flexibility index (Phi) is 4.96. The van der Waals surface area contributed by atoms with Crippen LogP contribution < -0.4 is 4.74 Å². The molecule has 2 saturated heterocycles. The smallest absolute Gasteiger partial charge is 0.254 e. The molecule has 1 aromatic carbocycles. The Balaban J connectivity index is 1.31. The number of carbonyl (C=O) groups excluding carboxylic acids is 1. The molecule has 6 nitrogen and oxygen atoms in total. The van der Waals surface area contributed by atoms with Gasteiger partial charge in [-0.2, -0.15) is 0 Å². The fourth-order valence-corrected chi connectivity index (χ4v) is 3.75. The molecule has 1 aromatic heterocycles. The van der Waals surface area contributed by atoms with Gasteiger partial charge in [-0.15, -0.1) is 11.3 Å². The monoisotopic (exact) mass is 359 g/mol. The van der Waals surface area contributed by atoms with Crippen LogP contribution >= 0.6 is 11.3 Å². The molecular formula is C18H21N3O3S. The Morgan fingerprint density at radius 1 is 1.32 bits per heavy atom. The van der Waals surface area contributed by atoms with Gasteiger partial charge in [0, 0.05) is 43.3 Å². The highest BCUT2D eigenvalue weighted by molar-refractivity contribution is 7.09. The fraction of sp³-hybridized carbons (Fsp3) is 0.444. The Labute approximate surface area is 151 Å². The molecule has 0 N–H and O–H groups in total. The van der Waals surface area contributed by atoms with E-state index < -0.39 is 0 Å². The maximum atomic E-state index is 12.6. The summed E-state index contributed by atoms with van der Waals surface area (Å²) in [5.74, 6) is 0.811. The Bertz CT molecular complexity index is 710. The van der Waals surface area contributed by atoms with Gasteiger partial charge < -0.3 is 14.4 Å². The first-order valence-corrected chi connectivity index (χ1v) is 9.40. The van der Waals surface area contributed by atoms with Crippen molar-refractivity contribution in [3.05, 3.63) is 46.4 Å². The quantitative estimate of drug-likeness (QED) is 0.816. The molecule has 0 unspecified atom stereocenters. The molecule has 25 heavy (non-hydrogen) atoms. The van der Waals surface area contributed by atoms with Gasteiger partial charge in [0.25, 0.3) is 5.91 Å². The predicted molar refractivity (Wildman–Crippen MR) is 95.0 cm³/mol. The average molecular weight is 359 g/mol. The van der Waals surface area contributed by atoms with Crippen molar-refractivity contribution in [3.8, 4) is 5.75 Å². The minimum absolute atomic E-state index is 0.0488. The number of likely N-dealkylation sites (tertiary alicyclic amines) is 1. The van der Waals surface area contributed by atoms with E-state index in [0.717, 1.165) is 30.4 Å². The van der Waals surface area contributed by atoms with E-state index in [0.29, 0.717) is 31.9 Å². The Morgan fingerprint density at radius 3 is 2.92 bits per heavy atom. The number of thiazole rings is 1. The van der Waals surface area contributed by atoms with Crippen molar-refractivity contribution in [2.24, 2.45) is 0 Å². The van der Waals surface area contributed by atoms with Gasteiger partial charge >= 0.3 is 0 Å². The van der Waals surface area contributed by atoms with Crippen LogP contribution in [0.3, 0.4) is 0 Å². The van der Waals surface area contributed by atoms with Crippen LogP contribution in [-0.2, 0) is 11.3 Å². The second-order valence-corrected chi connectivity index (χ2v) is 7.27. The topological polar surface area (TPSA) is 54.9 Å². The van der Waals surface area contributed by atoms with E-state index in [1.807, 2.05) is 40.7 Å². The number of amides is 1. The number of rotatable bonds is 5. The summed E-state index contributed by atoms with van der Waals surface area (Å²) in [6.45, 7) is 5.18. The number of morpholine rings is 1. The minimum Gasteiger partial charge on any atom is -0.488 e. The molecule has 0 aliphatic carbocycles. The Morgan fingerprint density at radius 2 is 2.16 bits per heavy atom. The summed E-state index contributed by atoms with van der Waals surface area (Å²) < 4.78 is 11.3. The molecule has 2 aliphatic rings. The summed E-state index contributed by atoms with van der Waals surface area (Å²) in [6.07, 6.45) is 2.01. The van der Waals surface area contributed by atoms with Crippen LogP contribution in [0.2, 0.25) is 0 Å². The van der Waals surface area contributed by atoms with E-state index in [1.54, 1.807) is 11.3 Å². The molecule has 132 valence electrons. The van der Waals surface area contributed by atoms with Crippen molar-refractivity contribution in [2.45, 2.75) is 12.6 Å². The summed E-state index contributed by atoms with van der Waals surface area (Å²) in [4.78, 5) is 21.0. The maximum absolute atomic E-state index is 12.6. The van der Waals surface area contributed by atoms with E-state index in [1.165, 1.54) is 0 Å². The van der Waals surface area contributed by atoms with Gasteiger partial charge in [0.15, 0.2) is 0 Å². The van der Waals surface area contributed by atoms with E-state index in [-0.39, 0.29) is 12.0 Å². The summed E-state index contributed by atoms with van der Waals surface area (Å²) in [6, 6.07) is 7.50. The normalized spacial score (nSPS) is 18.8. The van der Waals surface area contributed by atoms with E-state index in [9.17, 15) is 4.79 Å². The highest BCUT2D eigenvalue weighted by Crippen LogP contribution is 2.22. The zero-order valence-electron chi connectivity index (χ0n) is 14.0. The van der Waals surface area contributed by atoms with Crippen molar-refractivity contribution in [1.29, 1.82) is 0 Å². The lowest BCUT2D eigenvalue weighted by molar-refractivity contribution is 0.0143. The van der Waals surface area contributed by atoms with Crippen molar-refractivity contribution in [1.82, 2.24) is 14.8 Å². The van der Waals surface area contributed by atoms with Crippen LogP contribution in [-0.4, -0.2) is 66.2 Å². The van der Waals surface area contributed by atoms with Gasteiger partial charge in [0.05, 0.1) is 19.8 Å². The molecule has 7 heteroatoms. The predicted octanol–water partition coefficient (Wildman–Crippen LogP) is 1.88. The molecule has 0 atom stereocenters. The van der Waals surface area contributed by atoms with Crippen LogP contribution in [0.25, 0.3) is 0 Å². The lowest BCUT2D eigenvalue weighted by Gasteiger charge is -2.38. The highest BCUT2D eigenvalue weighted by atomic mass is 32.1. The molecule has 3 heterocycles. The first-order chi connectivity index (χ1) is 12.3. The van der Waals surface area contributed by atoms with Crippen LogP contribution in [0.15, 0.2) is 35.8 Å². The number of carbonyl (C=O) groups is 1. The van der Waals surface area contributed by atoms with Gasteiger partial charge in [-0.3, -0.25) is 9.69 Å². The molecule has 0 radical (unpaired) electrons. The van der Waals surface area contributed by atoms with Gasteiger partial charge in [-0.25, -0.2) is 4.98 Å². The number of hydrogen-bond donors (Lipinski definition) is 0. The van der Waals surface area contributed by atoms with E-state index >= 15 is 0 Å². The van der Waals surface area contributed by atoms with E-state index in [2.05, 4.69) is 9.88 Å². The van der Waals surface area contributed by atoms with Crippen LogP contribution in [0.1, 0.15) is 15.4 Å². The number of aromatic nitrogens is 1. The SMILES string of the molecule is O=C(c1cccc(OC2CN(Cc3nccs3)C2)c1)N1CCOCC1. The zero-order chi connectivity index (χ0) is 17.1. The number of benzene rings is 1. The van der Waals surface area contributed by atoms with Crippen LogP contribution in [0.5, 0.6) is 5.75 Å². The second-order valence-electron chi connectivity index (χ2n) is 6.29. The molecule has 1 amide bonds. The third kappa shape index (κ3) is 4.00. The summed E-state index contributed by atoms with van der Waals surface area (Å²) in [7, 11) is 0. The van der Waals surface area contributed by atoms with E-state index in [4.69, 9.17) is 9.47 Å². The highest BCUT2D eigenvalue weighted by Gasteiger charge is 2.29. The second kappa shape index (κ2) is 7.51. The summed E-state index contributed by atoms with van der Waals surface area (Å²) in [5, 5.41) is 3.14. The maximum Gasteiger partial charge on any atom is 0.254 e. The molecule has 0 spiro atoms. The van der Waals surface area contributed by atoms with Gasteiger partial charge in [-0.05, 0) is 18.2 Å². The van der Waals surface area contributed by atoms with Crippen LogP contribution in [0, 0.1) is 0 Å². The lowest BCUT2D eigenvalue weighted by Crippen LogP contribution is -2.53. The number of ether oxygens (including phenoxy) is 2. The van der Waals surface area contributed by atoms with Gasteiger partial charge in [0.1, 0.15) is 16.9 Å². The summed E-state index contributed by atoms with van der Waals surface area (Å²) >= 11 is 1.68. The van der Waals surface area contributed by atoms with Crippen molar-refractivity contribution in [3.63, 3.8) is 0 Å². The number of hydrogen-bond acceptors (Lipinski definition) is 6. The summed E-state index contributed by atoms with van der Waals surface area (Å²) in [5.41, 5.74) is 0.679. The van der Waals surface area contributed by atoms with Gasteiger partial charge in [0.2, 0.25) is 0 Å². The van der Waals surface area contributed by atoms with Crippen LogP contribution in [0.4, 0.5) is 0 Å². The fourth-order valence-electron chi connectivity index (χ4n) is 3.09. The molecule has 0 saturated carbocycles. The molecule has 2 aliphatic heterocycles. The first-order valence-electron chi connectivity index (χ1n) is 8.52. The van der Waals surface area contributed by atoms with Gasteiger partial charge in [-0.1, -0.05) is 6.07 Å². The third-order valence-corrected chi connectivity index (χ3v) is 5.21. The van der Waals surface area contributed by atoms with Crippen molar-refractivity contribution in [2.75, 3.05) is 39.4 Å². The third-order valence-electron chi connectivity index (χ3n) is 4.45. The molecular weight excluding hydrogens is 338 g/mol.